The first-order chi connectivity index (χ1) is 9.33. The number of amides is 1. The van der Waals surface area contributed by atoms with Gasteiger partial charge in [-0.15, -0.1) is 5.10 Å². The van der Waals surface area contributed by atoms with Crippen LogP contribution in [0.25, 0.3) is 0 Å². The van der Waals surface area contributed by atoms with Crippen molar-refractivity contribution in [2.45, 2.75) is 36.8 Å². The largest absolute Gasteiger partial charge is 0.448 e. The zero-order valence-corrected chi connectivity index (χ0v) is 11.6. The minimum Gasteiger partial charge on any atom is -0.448 e. The molecule has 19 heavy (non-hydrogen) atoms. The molecule has 2 aliphatic rings. The van der Waals surface area contributed by atoms with E-state index in [2.05, 4.69) is 15.2 Å². The maximum absolute atomic E-state index is 11.3. The van der Waals surface area contributed by atoms with Gasteiger partial charge < -0.3 is 9.64 Å². The van der Waals surface area contributed by atoms with E-state index in [0.717, 1.165) is 16.7 Å². The Kier molecular flexibility index (Phi) is 3.91. The molecule has 104 valence electrons. The Morgan fingerprint density at radius 1 is 1.42 bits per heavy atom. The topological polar surface area (TPSA) is 71.1 Å². The monoisotopic (exact) mass is 282 g/mol. The van der Waals surface area contributed by atoms with Crippen molar-refractivity contribution < 1.29 is 9.53 Å². The zero-order valence-electron chi connectivity index (χ0n) is 10.8. The first-order valence-corrected chi connectivity index (χ1v) is 7.78. The second-order valence-electron chi connectivity index (χ2n) is 4.93. The molecule has 0 bridgehead atoms. The van der Waals surface area contributed by atoms with E-state index >= 15 is 0 Å². The van der Waals surface area contributed by atoms with Crippen molar-refractivity contribution in [3.63, 3.8) is 0 Å². The Bertz CT molecular complexity index is 445. The third-order valence-electron chi connectivity index (χ3n) is 3.66. The number of aromatic amines is 1. The van der Waals surface area contributed by atoms with E-state index in [1.807, 2.05) is 0 Å². The van der Waals surface area contributed by atoms with E-state index in [1.165, 1.54) is 25.7 Å². The Morgan fingerprint density at radius 2 is 2.26 bits per heavy atom. The van der Waals surface area contributed by atoms with Crippen LogP contribution in [0.4, 0.5) is 4.79 Å². The number of nitrogens with one attached hydrogen (secondary N) is 1. The van der Waals surface area contributed by atoms with Crippen molar-refractivity contribution in [1.82, 2.24) is 20.1 Å². The van der Waals surface area contributed by atoms with E-state index in [1.54, 1.807) is 16.7 Å². The molecule has 6 nitrogen and oxygen atoms in total. The number of carbonyl (C=O) groups is 1. The summed E-state index contributed by atoms with van der Waals surface area (Å²) in [4.78, 5) is 17.5. The highest BCUT2D eigenvalue weighted by molar-refractivity contribution is 7.99. The van der Waals surface area contributed by atoms with E-state index in [0.29, 0.717) is 25.6 Å². The fourth-order valence-electron chi connectivity index (χ4n) is 2.58. The van der Waals surface area contributed by atoms with Crippen LogP contribution in [0.5, 0.6) is 0 Å². The minimum atomic E-state index is -0.206. The van der Waals surface area contributed by atoms with Gasteiger partial charge in [-0.25, -0.2) is 9.78 Å². The molecular formula is C12H18N4O2S. The van der Waals surface area contributed by atoms with Crippen LogP contribution in [0.2, 0.25) is 0 Å². The van der Waals surface area contributed by atoms with Crippen molar-refractivity contribution in [1.29, 1.82) is 0 Å². The summed E-state index contributed by atoms with van der Waals surface area (Å²) < 4.78 is 4.88. The molecule has 1 aromatic heterocycles. The molecule has 0 spiro atoms. The van der Waals surface area contributed by atoms with Gasteiger partial charge >= 0.3 is 6.09 Å². The van der Waals surface area contributed by atoms with E-state index in [-0.39, 0.29) is 6.09 Å². The van der Waals surface area contributed by atoms with E-state index in [4.69, 9.17) is 4.74 Å². The molecule has 0 atom stereocenters. The van der Waals surface area contributed by atoms with Gasteiger partial charge in [-0.2, -0.15) is 0 Å². The maximum atomic E-state index is 11.3. The molecule has 0 unspecified atom stereocenters. The second-order valence-corrected chi connectivity index (χ2v) is 6.00. The number of thioether (sulfide) groups is 1. The van der Waals surface area contributed by atoms with Crippen LogP contribution in [-0.2, 0) is 4.74 Å². The summed E-state index contributed by atoms with van der Waals surface area (Å²) in [5, 5.41) is 8.07. The normalized spacial score (nSPS) is 20.2. The standard InChI is InChI=1S/C12H18N4O2S/c17-12-16(5-7-18-12)6-8-19-11-13-10(14-15-11)9-3-1-2-4-9/h9H,1-8H2,(H,13,14,15). The molecule has 0 radical (unpaired) electrons. The van der Waals surface area contributed by atoms with Crippen LogP contribution in [0, 0.1) is 0 Å². The Hall–Kier alpha value is -1.24. The predicted octanol–water partition coefficient (Wildman–Crippen LogP) is 2.01. The van der Waals surface area contributed by atoms with Gasteiger partial charge in [0.25, 0.3) is 0 Å². The third kappa shape index (κ3) is 3.02. The lowest BCUT2D eigenvalue weighted by atomic mass is 10.1. The molecule has 1 saturated carbocycles. The van der Waals surface area contributed by atoms with Crippen LogP contribution < -0.4 is 0 Å². The molecule has 1 aromatic rings. The summed E-state index contributed by atoms with van der Waals surface area (Å²) in [6, 6.07) is 0. The summed E-state index contributed by atoms with van der Waals surface area (Å²) >= 11 is 1.59. The number of hydrogen-bond acceptors (Lipinski definition) is 5. The third-order valence-corrected chi connectivity index (χ3v) is 4.49. The average Bonchev–Trinajstić information content (AvgIpc) is 3.11. The fourth-order valence-corrected chi connectivity index (χ4v) is 3.35. The molecule has 1 aliphatic carbocycles. The lowest BCUT2D eigenvalue weighted by Crippen LogP contribution is -2.26. The molecule has 1 N–H and O–H groups in total. The molecular weight excluding hydrogens is 264 g/mol. The minimum absolute atomic E-state index is 0.206. The number of hydrogen-bond donors (Lipinski definition) is 1. The quantitative estimate of drug-likeness (QED) is 0.836. The molecule has 1 saturated heterocycles. The zero-order chi connectivity index (χ0) is 13.1. The average molecular weight is 282 g/mol. The molecule has 2 heterocycles. The Balaban J connectivity index is 1.46. The first-order valence-electron chi connectivity index (χ1n) is 6.80. The Morgan fingerprint density at radius 3 is 3.00 bits per heavy atom. The highest BCUT2D eigenvalue weighted by atomic mass is 32.2. The summed E-state index contributed by atoms with van der Waals surface area (Å²) in [5.74, 6) is 2.40. The lowest BCUT2D eigenvalue weighted by Gasteiger charge is -2.10. The van der Waals surface area contributed by atoms with Gasteiger partial charge in [0.15, 0.2) is 0 Å². The van der Waals surface area contributed by atoms with Gasteiger partial charge in [0, 0.05) is 18.2 Å². The number of carbonyl (C=O) groups excluding carboxylic acids is 1. The smallest absolute Gasteiger partial charge is 0.409 e. The number of nitrogens with zero attached hydrogens (tertiary/aromatic N) is 3. The fraction of sp³-hybridized carbons (Fsp3) is 0.750. The number of cyclic esters (lactones) is 1. The molecule has 3 rings (SSSR count). The first kappa shape index (κ1) is 12.8. The van der Waals surface area contributed by atoms with Gasteiger partial charge in [0.1, 0.15) is 12.4 Å². The summed E-state index contributed by atoms with van der Waals surface area (Å²) in [7, 11) is 0. The molecule has 7 heteroatoms. The molecule has 0 aromatic carbocycles. The van der Waals surface area contributed by atoms with Crippen molar-refractivity contribution in [3.8, 4) is 0 Å². The van der Waals surface area contributed by atoms with Crippen LogP contribution in [0.3, 0.4) is 0 Å². The van der Waals surface area contributed by atoms with Gasteiger partial charge in [0.05, 0.1) is 6.54 Å². The number of ether oxygens (including phenoxy) is 1. The molecule has 1 amide bonds. The number of rotatable bonds is 5. The SMILES string of the molecule is O=C1OCCN1CCSc1n[nH]c(C2CCCC2)n1. The number of H-pyrrole nitrogens is 1. The van der Waals surface area contributed by atoms with Crippen LogP contribution in [-0.4, -0.2) is 51.6 Å². The molecule has 2 fully saturated rings. The lowest BCUT2D eigenvalue weighted by molar-refractivity contribution is 0.160. The highest BCUT2D eigenvalue weighted by Gasteiger charge is 2.22. The van der Waals surface area contributed by atoms with Crippen molar-refractivity contribution in [2.24, 2.45) is 0 Å². The van der Waals surface area contributed by atoms with Crippen LogP contribution in [0.1, 0.15) is 37.4 Å². The maximum Gasteiger partial charge on any atom is 0.409 e. The van der Waals surface area contributed by atoms with Crippen LogP contribution >= 0.6 is 11.8 Å². The second kappa shape index (κ2) is 5.81. The Labute approximate surface area is 116 Å². The highest BCUT2D eigenvalue weighted by Crippen LogP contribution is 2.32. The van der Waals surface area contributed by atoms with Crippen molar-refractivity contribution in [3.05, 3.63) is 5.82 Å². The van der Waals surface area contributed by atoms with Crippen molar-refractivity contribution >= 4 is 17.9 Å². The van der Waals surface area contributed by atoms with Gasteiger partial charge in [-0.05, 0) is 12.8 Å². The van der Waals surface area contributed by atoms with Gasteiger partial charge in [-0.1, -0.05) is 24.6 Å². The van der Waals surface area contributed by atoms with Gasteiger partial charge in [0.2, 0.25) is 5.16 Å². The molecule has 1 aliphatic heterocycles. The van der Waals surface area contributed by atoms with Crippen molar-refractivity contribution in [2.75, 3.05) is 25.4 Å². The summed E-state index contributed by atoms with van der Waals surface area (Å²) in [6.07, 6.45) is 4.83. The number of aromatic nitrogens is 3. The van der Waals surface area contributed by atoms with Gasteiger partial charge in [-0.3, -0.25) is 5.10 Å². The van der Waals surface area contributed by atoms with E-state index in [9.17, 15) is 4.79 Å². The predicted molar refractivity (Wildman–Crippen MR) is 71.2 cm³/mol. The summed E-state index contributed by atoms with van der Waals surface area (Å²) in [6.45, 7) is 1.90. The van der Waals surface area contributed by atoms with Crippen LogP contribution in [0.15, 0.2) is 5.16 Å². The summed E-state index contributed by atoms with van der Waals surface area (Å²) in [5.41, 5.74) is 0. The van der Waals surface area contributed by atoms with E-state index < -0.39 is 0 Å².